The van der Waals surface area contributed by atoms with E-state index in [2.05, 4.69) is 21.9 Å². The summed E-state index contributed by atoms with van der Waals surface area (Å²) in [5.74, 6) is 1.64. The van der Waals surface area contributed by atoms with Crippen molar-refractivity contribution < 1.29 is 9.55 Å². The van der Waals surface area contributed by atoms with Crippen LogP contribution in [0.15, 0.2) is 4.52 Å². The first-order chi connectivity index (χ1) is 7.58. The number of aromatic nitrogens is 2. The van der Waals surface area contributed by atoms with E-state index in [9.17, 15) is 5.02 Å². The number of hydrogen-bond acceptors (Lipinski definition) is 5. The van der Waals surface area contributed by atoms with Crippen LogP contribution >= 0.6 is 0 Å². The predicted octanol–water partition coefficient (Wildman–Crippen LogP) is 1.06. The maximum atomic E-state index is 9.68. The number of aryl methyl sites for hydroxylation is 1. The van der Waals surface area contributed by atoms with Crippen LogP contribution in [-0.2, 0) is 0 Å². The molecule has 0 bridgehead atoms. The van der Waals surface area contributed by atoms with Crippen molar-refractivity contribution in [2.24, 2.45) is 0 Å². The number of rotatable bonds is 2. The van der Waals surface area contributed by atoms with Crippen LogP contribution < -0.4 is 0 Å². The lowest BCUT2D eigenvalue weighted by molar-refractivity contribution is 0.196. The van der Waals surface area contributed by atoms with Gasteiger partial charge in [0.1, 0.15) is 0 Å². The molecule has 0 saturated carbocycles. The van der Waals surface area contributed by atoms with Gasteiger partial charge in [-0.2, -0.15) is 4.98 Å². The molecule has 2 heterocycles. The Morgan fingerprint density at radius 2 is 2.25 bits per heavy atom. The monoisotopic (exact) mass is 223 g/mol. The van der Waals surface area contributed by atoms with Gasteiger partial charge in [0.05, 0.1) is 5.92 Å². The Bertz CT molecular complexity index is 356. The summed E-state index contributed by atoms with van der Waals surface area (Å²) in [4.78, 5) is 6.34. The minimum absolute atomic E-state index is 0.256. The predicted molar refractivity (Wildman–Crippen MR) is 61.0 cm³/mol. The second-order valence-corrected chi connectivity index (χ2v) is 4.63. The van der Waals surface area contributed by atoms with Crippen molar-refractivity contribution in [3.8, 4) is 0 Å². The van der Waals surface area contributed by atoms with Crippen LogP contribution in [0.2, 0.25) is 6.82 Å². The topological polar surface area (TPSA) is 62.4 Å². The molecule has 1 aromatic rings. The molecule has 1 N–H and O–H groups in total. The first-order valence-electron chi connectivity index (χ1n) is 5.82. The van der Waals surface area contributed by atoms with Gasteiger partial charge in [0, 0.05) is 6.54 Å². The van der Waals surface area contributed by atoms with Crippen LogP contribution in [0.1, 0.15) is 37.4 Å². The van der Waals surface area contributed by atoms with Crippen LogP contribution in [0.4, 0.5) is 0 Å². The average molecular weight is 223 g/mol. The first kappa shape index (κ1) is 11.6. The second kappa shape index (κ2) is 4.55. The maximum Gasteiger partial charge on any atom is 0.376 e. The molecule has 5 nitrogen and oxygen atoms in total. The van der Waals surface area contributed by atoms with Crippen LogP contribution in [0.3, 0.4) is 0 Å². The fourth-order valence-corrected chi connectivity index (χ4v) is 2.34. The van der Waals surface area contributed by atoms with Gasteiger partial charge < -0.3 is 14.4 Å². The molecule has 2 atom stereocenters. The Hall–Kier alpha value is -0.875. The Morgan fingerprint density at radius 1 is 1.50 bits per heavy atom. The number of hydrogen-bond donors (Lipinski definition) is 1. The smallest absolute Gasteiger partial charge is 0.376 e. The van der Waals surface area contributed by atoms with Crippen molar-refractivity contribution in [3.63, 3.8) is 0 Å². The van der Waals surface area contributed by atoms with Crippen molar-refractivity contribution in [1.29, 1.82) is 0 Å². The third kappa shape index (κ3) is 2.27. The van der Waals surface area contributed by atoms with Gasteiger partial charge in [0.2, 0.25) is 5.89 Å². The summed E-state index contributed by atoms with van der Waals surface area (Å²) in [6.07, 6.45) is 2.10. The molecule has 0 amide bonds. The van der Waals surface area contributed by atoms with E-state index in [1.807, 2.05) is 6.92 Å². The zero-order chi connectivity index (χ0) is 11.7. The van der Waals surface area contributed by atoms with E-state index in [4.69, 9.17) is 4.52 Å². The molecule has 0 spiro atoms. The number of piperidine rings is 1. The van der Waals surface area contributed by atoms with Crippen LogP contribution in [0.5, 0.6) is 0 Å². The Morgan fingerprint density at radius 3 is 2.81 bits per heavy atom. The van der Waals surface area contributed by atoms with E-state index in [1.54, 1.807) is 6.82 Å². The molecule has 1 aromatic heterocycles. The van der Waals surface area contributed by atoms with Gasteiger partial charge in [-0.15, -0.1) is 0 Å². The van der Waals surface area contributed by atoms with Crippen molar-refractivity contribution >= 4 is 7.05 Å². The lowest BCUT2D eigenvalue weighted by Crippen LogP contribution is -2.48. The number of nitrogens with zero attached hydrogens (tertiary/aromatic N) is 3. The highest BCUT2D eigenvalue weighted by atomic mass is 16.5. The van der Waals surface area contributed by atoms with Gasteiger partial charge in [-0.3, -0.25) is 0 Å². The maximum absolute atomic E-state index is 9.68. The molecule has 1 aliphatic rings. The normalized spacial score (nSPS) is 27.0. The molecule has 88 valence electrons. The largest absolute Gasteiger partial charge is 0.437 e. The summed E-state index contributed by atoms with van der Waals surface area (Å²) in [6.45, 7) is 6.56. The second-order valence-electron chi connectivity index (χ2n) is 4.63. The minimum Gasteiger partial charge on any atom is -0.437 e. The van der Waals surface area contributed by atoms with E-state index in [0.717, 1.165) is 19.4 Å². The molecule has 0 unspecified atom stereocenters. The molecule has 1 aliphatic heterocycles. The summed E-state index contributed by atoms with van der Waals surface area (Å²) >= 11 is 0. The minimum atomic E-state index is -0.415. The molecule has 1 saturated heterocycles. The molecule has 2 rings (SSSR count). The lowest BCUT2D eigenvalue weighted by Gasteiger charge is -2.37. The van der Waals surface area contributed by atoms with E-state index in [-0.39, 0.29) is 5.92 Å². The summed E-state index contributed by atoms with van der Waals surface area (Å²) < 4.78 is 5.20. The molecule has 0 aromatic carbocycles. The highest BCUT2D eigenvalue weighted by Gasteiger charge is 2.33. The third-order valence-electron chi connectivity index (χ3n) is 3.30. The fraction of sp³-hybridized carbons (Fsp3) is 0.800. The summed E-state index contributed by atoms with van der Waals surface area (Å²) in [7, 11) is -0.415. The van der Waals surface area contributed by atoms with E-state index in [0.29, 0.717) is 17.8 Å². The Balaban J connectivity index is 2.08. The molecule has 0 radical (unpaired) electrons. The van der Waals surface area contributed by atoms with Crippen LogP contribution in [0.25, 0.3) is 0 Å². The quantitative estimate of drug-likeness (QED) is 0.759. The summed E-state index contributed by atoms with van der Waals surface area (Å²) in [5, 5.41) is 13.5. The van der Waals surface area contributed by atoms with Gasteiger partial charge in [0.25, 0.3) is 0 Å². The molecule has 6 heteroatoms. The molecular formula is C10H18BN3O2. The van der Waals surface area contributed by atoms with Crippen molar-refractivity contribution in [2.75, 3.05) is 6.54 Å². The highest BCUT2D eigenvalue weighted by molar-refractivity contribution is 6.45. The Labute approximate surface area is 96.0 Å². The van der Waals surface area contributed by atoms with Crippen LogP contribution in [0, 0.1) is 6.92 Å². The average Bonchev–Trinajstić information content (AvgIpc) is 2.65. The van der Waals surface area contributed by atoms with Crippen molar-refractivity contribution in [1.82, 2.24) is 15.0 Å². The fourth-order valence-electron chi connectivity index (χ4n) is 2.34. The standard InChI is InChI=1S/C10H18BN3O2/c1-7-4-5-9(6-14(7)11(3)15)10-12-8(2)13-16-10/h7,9,15H,4-6H2,1-3H3/t7-,9+/m0/s1. The Kier molecular flexibility index (Phi) is 3.30. The zero-order valence-electron chi connectivity index (χ0n) is 10.1. The van der Waals surface area contributed by atoms with E-state index >= 15 is 0 Å². The van der Waals surface area contributed by atoms with Gasteiger partial charge in [-0.05, 0) is 32.6 Å². The first-order valence-corrected chi connectivity index (χ1v) is 5.82. The summed E-state index contributed by atoms with van der Waals surface area (Å²) in [6, 6.07) is 0.417. The third-order valence-corrected chi connectivity index (χ3v) is 3.30. The molecule has 0 aliphatic carbocycles. The lowest BCUT2D eigenvalue weighted by atomic mass is 9.78. The molecule has 1 fully saturated rings. The van der Waals surface area contributed by atoms with Gasteiger partial charge >= 0.3 is 7.05 Å². The van der Waals surface area contributed by atoms with Crippen molar-refractivity contribution in [3.05, 3.63) is 11.7 Å². The van der Waals surface area contributed by atoms with Crippen LogP contribution in [-0.4, -0.2) is 39.6 Å². The van der Waals surface area contributed by atoms with Gasteiger partial charge in [-0.1, -0.05) is 12.1 Å². The zero-order valence-corrected chi connectivity index (χ0v) is 10.1. The molecule has 16 heavy (non-hydrogen) atoms. The van der Waals surface area contributed by atoms with Crippen molar-refractivity contribution in [2.45, 2.75) is 45.5 Å². The summed E-state index contributed by atoms with van der Waals surface area (Å²) in [5.41, 5.74) is 0. The highest BCUT2D eigenvalue weighted by Crippen LogP contribution is 2.29. The van der Waals surface area contributed by atoms with E-state index in [1.165, 1.54) is 0 Å². The van der Waals surface area contributed by atoms with E-state index < -0.39 is 7.05 Å². The molecular weight excluding hydrogens is 205 g/mol. The van der Waals surface area contributed by atoms with Gasteiger partial charge in [0.15, 0.2) is 5.82 Å². The SMILES string of the molecule is CB(O)N1C[C@H](c2nc(C)no2)CC[C@@H]1C. The van der Waals surface area contributed by atoms with Gasteiger partial charge in [-0.25, -0.2) is 0 Å².